The van der Waals surface area contributed by atoms with E-state index in [2.05, 4.69) is 20.1 Å². The first-order valence-corrected chi connectivity index (χ1v) is 3.08. The predicted octanol–water partition coefficient (Wildman–Crippen LogP) is 1.19. The van der Waals surface area contributed by atoms with Gasteiger partial charge in [-0.2, -0.15) is 0 Å². The normalized spacial score (nSPS) is 10.5. The lowest BCUT2D eigenvalue weighted by Crippen LogP contribution is -1.88. The van der Waals surface area contributed by atoms with E-state index in [0.29, 0.717) is 0 Å². The summed E-state index contributed by atoms with van der Waals surface area (Å²) < 4.78 is 17.4. The van der Waals surface area contributed by atoms with E-state index in [1.807, 2.05) is 0 Å². The second-order valence-electron chi connectivity index (χ2n) is 1.89. The molecule has 2 N–H and O–H groups in total. The van der Waals surface area contributed by atoms with Gasteiger partial charge in [-0.3, -0.25) is 0 Å². The first kappa shape index (κ1) is 8.38. The highest BCUT2D eigenvalue weighted by atomic mass is 19.1. The van der Waals surface area contributed by atoms with Crippen LogP contribution in [0.4, 0.5) is 10.2 Å². The Morgan fingerprint density at radius 1 is 1.67 bits per heavy atom. The summed E-state index contributed by atoms with van der Waals surface area (Å²) in [7, 11) is 1.35. The van der Waals surface area contributed by atoms with Crippen LogP contribution in [-0.2, 0) is 0 Å². The third-order valence-corrected chi connectivity index (χ3v) is 1.19. The van der Waals surface area contributed by atoms with Gasteiger partial charge >= 0.3 is 0 Å². The highest BCUT2D eigenvalue weighted by Crippen LogP contribution is 2.20. The van der Waals surface area contributed by atoms with Gasteiger partial charge in [0.25, 0.3) is 0 Å². The van der Waals surface area contributed by atoms with Crippen LogP contribution in [0.1, 0.15) is 0 Å². The van der Waals surface area contributed by atoms with E-state index in [-0.39, 0.29) is 11.6 Å². The molecule has 0 aliphatic carbocycles. The molecular weight excluding hydrogens is 163 g/mol. The quantitative estimate of drug-likeness (QED) is 0.411. The molecule has 0 fully saturated rings. The van der Waals surface area contributed by atoms with Gasteiger partial charge in [0.1, 0.15) is 0 Å². The fourth-order valence-corrected chi connectivity index (χ4v) is 0.680. The predicted molar refractivity (Wildman–Crippen MR) is 39.5 cm³/mol. The van der Waals surface area contributed by atoms with Gasteiger partial charge in [0.2, 0.25) is 0 Å². The summed E-state index contributed by atoms with van der Waals surface area (Å²) in [6.07, 6.45) is 0.989. The molecule has 6 heteroatoms. The molecule has 0 radical (unpaired) electrons. The Labute approximate surface area is 68.1 Å². The Morgan fingerprint density at radius 2 is 2.42 bits per heavy atom. The van der Waals surface area contributed by atoms with Crippen molar-refractivity contribution in [2.24, 2.45) is 16.2 Å². The summed E-state index contributed by atoms with van der Waals surface area (Å²) in [6.45, 7) is 0. The summed E-state index contributed by atoms with van der Waals surface area (Å²) in [5.41, 5.74) is 0. The first-order valence-electron chi connectivity index (χ1n) is 3.08. The first-order chi connectivity index (χ1) is 5.77. The Kier molecular flexibility index (Phi) is 2.52. The van der Waals surface area contributed by atoms with E-state index in [4.69, 9.17) is 5.84 Å². The lowest BCUT2D eigenvalue weighted by atomic mass is 10.4. The van der Waals surface area contributed by atoms with Gasteiger partial charge in [0.15, 0.2) is 17.4 Å². The van der Waals surface area contributed by atoms with E-state index in [0.717, 1.165) is 6.20 Å². The van der Waals surface area contributed by atoms with Crippen molar-refractivity contribution in [3.05, 3.63) is 18.1 Å². The maximum atomic E-state index is 12.7. The third-order valence-electron chi connectivity index (χ3n) is 1.19. The van der Waals surface area contributed by atoms with Gasteiger partial charge in [0, 0.05) is 6.07 Å². The minimum absolute atomic E-state index is 0.0624. The van der Waals surface area contributed by atoms with Crippen molar-refractivity contribution >= 4 is 5.82 Å². The molecule has 64 valence electrons. The summed E-state index contributed by atoms with van der Waals surface area (Å²) in [5, 5.41) is 6.40. The number of hydrogen-bond acceptors (Lipinski definition) is 4. The molecule has 0 atom stereocenters. The molecular formula is C6H7FN4O. The van der Waals surface area contributed by atoms with Crippen LogP contribution < -0.4 is 10.6 Å². The molecule has 0 aromatic carbocycles. The molecule has 1 heterocycles. The van der Waals surface area contributed by atoms with Crippen LogP contribution in [0.5, 0.6) is 5.75 Å². The van der Waals surface area contributed by atoms with E-state index in [1.165, 1.54) is 13.2 Å². The summed E-state index contributed by atoms with van der Waals surface area (Å²) in [6, 6.07) is 1.30. The van der Waals surface area contributed by atoms with Crippen LogP contribution >= 0.6 is 0 Å². The van der Waals surface area contributed by atoms with Crippen LogP contribution in [0.2, 0.25) is 0 Å². The SMILES string of the molecule is COc1cc(N=NN)ncc1F. The number of rotatable bonds is 2. The minimum atomic E-state index is -0.548. The fourth-order valence-electron chi connectivity index (χ4n) is 0.680. The lowest BCUT2D eigenvalue weighted by Gasteiger charge is -1.99. The zero-order valence-electron chi connectivity index (χ0n) is 6.36. The number of aromatic nitrogens is 1. The molecule has 0 amide bonds. The van der Waals surface area contributed by atoms with Crippen molar-refractivity contribution in [2.45, 2.75) is 0 Å². The fraction of sp³-hybridized carbons (Fsp3) is 0.167. The van der Waals surface area contributed by atoms with Crippen molar-refractivity contribution < 1.29 is 9.13 Å². The van der Waals surface area contributed by atoms with Crippen LogP contribution in [0.25, 0.3) is 0 Å². The van der Waals surface area contributed by atoms with E-state index >= 15 is 0 Å². The third kappa shape index (κ3) is 1.66. The zero-order valence-corrected chi connectivity index (χ0v) is 6.36. The summed E-state index contributed by atoms with van der Waals surface area (Å²) in [5.74, 6) is 4.49. The maximum absolute atomic E-state index is 12.7. The Balaban J connectivity index is 3.05. The highest BCUT2D eigenvalue weighted by molar-refractivity contribution is 5.35. The summed E-state index contributed by atoms with van der Waals surface area (Å²) in [4.78, 5) is 3.58. The van der Waals surface area contributed by atoms with Gasteiger partial charge in [0.05, 0.1) is 13.3 Å². The number of ether oxygens (including phenoxy) is 1. The Morgan fingerprint density at radius 3 is 3.00 bits per heavy atom. The van der Waals surface area contributed by atoms with Crippen molar-refractivity contribution in [3.8, 4) is 5.75 Å². The van der Waals surface area contributed by atoms with Crippen molar-refractivity contribution in [3.63, 3.8) is 0 Å². The second-order valence-corrected chi connectivity index (χ2v) is 1.89. The number of hydrogen-bond donors (Lipinski definition) is 1. The molecule has 0 aliphatic heterocycles. The summed E-state index contributed by atoms with van der Waals surface area (Å²) >= 11 is 0. The van der Waals surface area contributed by atoms with Crippen molar-refractivity contribution in [1.29, 1.82) is 0 Å². The molecule has 12 heavy (non-hydrogen) atoms. The van der Waals surface area contributed by atoms with Crippen LogP contribution in [0, 0.1) is 5.82 Å². The minimum Gasteiger partial charge on any atom is -0.493 e. The monoisotopic (exact) mass is 170 g/mol. The molecule has 0 unspecified atom stereocenters. The van der Waals surface area contributed by atoms with Crippen molar-refractivity contribution in [2.75, 3.05) is 7.11 Å². The van der Waals surface area contributed by atoms with E-state index in [9.17, 15) is 4.39 Å². The topological polar surface area (TPSA) is 72.9 Å². The largest absolute Gasteiger partial charge is 0.493 e. The van der Waals surface area contributed by atoms with Gasteiger partial charge in [-0.1, -0.05) is 5.22 Å². The molecule has 0 saturated heterocycles. The second kappa shape index (κ2) is 3.61. The molecule has 5 nitrogen and oxygen atoms in total. The Hall–Kier alpha value is -1.72. The lowest BCUT2D eigenvalue weighted by molar-refractivity contribution is 0.385. The molecule has 0 aliphatic rings. The van der Waals surface area contributed by atoms with Gasteiger partial charge in [-0.05, 0) is 0 Å². The zero-order chi connectivity index (χ0) is 8.97. The standard InChI is InChI=1S/C6H7FN4O/c1-12-5-2-6(10-11-8)9-3-4(5)7/h2-3H,1H3,(H2,8,9,10). The van der Waals surface area contributed by atoms with Crippen LogP contribution in [0.3, 0.4) is 0 Å². The molecule has 1 aromatic heterocycles. The molecule has 1 rings (SSSR count). The maximum Gasteiger partial charge on any atom is 0.183 e. The molecule has 0 spiro atoms. The Bertz CT molecular complexity index is 302. The van der Waals surface area contributed by atoms with E-state index < -0.39 is 5.82 Å². The molecule has 0 saturated carbocycles. The number of halogens is 1. The average Bonchev–Trinajstić information content (AvgIpc) is 2.09. The average molecular weight is 170 g/mol. The van der Waals surface area contributed by atoms with Gasteiger partial charge < -0.3 is 10.6 Å². The molecule has 1 aromatic rings. The number of methoxy groups -OCH3 is 1. The van der Waals surface area contributed by atoms with Gasteiger partial charge in [-0.25, -0.2) is 9.37 Å². The van der Waals surface area contributed by atoms with Crippen molar-refractivity contribution in [1.82, 2.24) is 4.98 Å². The van der Waals surface area contributed by atoms with Crippen LogP contribution in [0.15, 0.2) is 22.6 Å². The van der Waals surface area contributed by atoms with Crippen LogP contribution in [-0.4, -0.2) is 12.1 Å². The van der Waals surface area contributed by atoms with Gasteiger partial charge in [-0.15, -0.1) is 5.11 Å². The smallest absolute Gasteiger partial charge is 0.183 e. The number of nitrogens with zero attached hydrogens (tertiary/aromatic N) is 3. The number of pyridine rings is 1. The highest BCUT2D eigenvalue weighted by Gasteiger charge is 2.03. The molecule has 0 bridgehead atoms. The van der Waals surface area contributed by atoms with E-state index in [1.54, 1.807) is 0 Å². The number of nitrogens with two attached hydrogens (primary N) is 1.